The number of aliphatic hydroxyl groups excluding tert-OH is 1. The van der Waals surface area contributed by atoms with Crippen LogP contribution in [-0.2, 0) is 11.2 Å². The van der Waals surface area contributed by atoms with Crippen LogP contribution in [-0.4, -0.2) is 59.7 Å². The molecule has 1 amide bonds. The van der Waals surface area contributed by atoms with Gasteiger partial charge in [-0.2, -0.15) is 0 Å². The number of nitrogens with one attached hydrogen (secondary N) is 1. The van der Waals surface area contributed by atoms with Gasteiger partial charge in [-0.15, -0.1) is 0 Å². The minimum atomic E-state index is -0.505. The molecular formula is C23H28N4O2. The highest BCUT2D eigenvalue weighted by atomic mass is 16.3. The third-order valence-electron chi connectivity index (χ3n) is 5.57. The van der Waals surface area contributed by atoms with Crippen LogP contribution in [0.4, 0.5) is 11.5 Å². The number of aliphatic hydroxyl groups is 1. The number of amides is 1. The van der Waals surface area contributed by atoms with Gasteiger partial charge in [-0.1, -0.05) is 24.3 Å². The Kier molecular flexibility index (Phi) is 5.92. The second-order valence-corrected chi connectivity index (χ2v) is 7.87. The highest BCUT2D eigenvalue weighted by Crippen LogP contribution is 2.24. The molecule has 1 atom stereocenters. The summed E-state index contributed by atoms with van der Waals surface area (Å²) in [6, 6.07) is 10.2. The van der Waals surface area contributed by atoms with Crippen LogP contribution in [0, 0.1) is 6.92 Å². The van der Waals surface area contributed by atoms with Gasteiger partial charge in [0.05, 0.1) is 6.10 Å². The molecule has 1 aromatic heterocycles. The maximum atomic E-state index is 11.5. The summed E-state index contributed by atoms with van der Waals surface area (Å²) in [5.74, 6) is 1.11. The van der Waals surface area contributed by atoms with E-state index < -0.39 is 6.10 Å². The van der Waals surface area contributed by atoms with Crippen LogP contribution in [0.5, 0.6) is 0 Å². The van der Waals surface area contributed by atoms with E-state index in [9.17, 15) is 9.90 Å². The third-order valence-corrected chi connectivity index (χ3v) is 5.57. The van der Waals surface area contributed by atoms with E-state index in [-0.39, 0.29) is 5.91 Å². The summed E-state index contributed by atoms with van der Waals surface area (Å²) in [5, 5.41) is 13.3. The van der Waals surface area contributed by atoms with Crippen molar-refractivity contribution >= 4 is 23.5 Å². The van der Waals surface area contributed by atoms with Crippen LogP contribution in [0.25, 0.3) is 6.08 Å². The van der Waals surface area contributed by atoms with E-state index >= 15 is 0 Å². The number of piperazine rings is 1. The van der Waals surface area contributed by atoms with E-state index in [1.807, 2.05) is 37.4 Å². The van der Waals surface area contributed by atoms with Gasteiger partial charge in [0.15, 0.2) is 0 Å². The van der Waals surface area contributed by atoms with Crippen LogP contribution < -0.4 is 10.2 Å². The molecule has 3 heterocycles. The van der Waals surface area contributed by atoms with Gasteiger partial charge in [0.1, 0.15) is 5.82 Å². The van der Waals surface area contributed by atoms with Crippen LogP contribution in [0.1, 0.15) is 23.1 Å². The summed E-state index contributed by atoms with van der Waals surface area (Å²) in [6.07, 6.45) is 6.53. The predicted octanol–water partition coefficient (Wildman–Crippen LogP) is 2.47. The maximum absolute atomic E-state index is 11.5. The topological polar surface area (TPSA) is 68.7 Å². The van der Waals surface area contributed by atoms with Crippen molar-refractivity contribution < 1.29 is 9.90 Å². The molecule has 2 N–H and O–H groups in total. The van der Waals surface area contributed by atoms with Crippen molar-refractivity contribution in [2.45, 2.75) is 25.9 Å². The van der Waals surface area contributed by atoms with E-state index in [1.165, 1.54) is 5.56 Å². The molecule has 1 fully saturated rings. The highest BCUT2D eigenvalue weighted by Gasteiger charge is 2.19. The number of aromatic nitrogens is 1. The zero-order valence-electron chi connectivity index (χ0n) is 16.8. The third kappa shape index (κ3) is 5.02. The first kappa shape index (κ1) is 19.6. The fraction of sp³-hybridized carbons (Fsp3) is 0.391. The Hall–Kier alpha value is -2.70. The Morgan fingerprint density at radius 3 is 2.76 bits per heavy atom. The van der Waals surface area contributed by atoms with Gasteiger partial charge >= 0.3 is 0 Å². The van der Waals surface area contributed by atoms with Gasteiger partial charge < -0.3 is 15.3 Å². The second-order valence-electron chi connectivity index (χ2n) is 7.87. The first-order valence-corrected chi connectivity index (χ1v) is 10.3. The Bertz CT molecular complexity index is 886. The molecule has 0 bridgehead atoms. The molecule has 1 saturated heterocycles. The van der Waals surface area contributed by atoms with Crippen LogP contribution >= 0.6 is 0 Å². The number of hydrogen-bond donors (Lipinski definition) is 2. The molecule has 2 aromatic rings. The summed E-state index contributed by atoms with van der Waals surface area (Å²) < 4.78 is 0. The van der Waals surface area contributed by atoms with Crippen LogP contribution in [0.15, 0.2) is 42.6 Å². The molecule has 4 rings (SSSR count). The quantitative estimate of drug-likeness (QED) is 0.818. The van der Waals surface area contributed by atoms with Gasteiger partial charge in [0.25, 0.3) is 0 Å². The summed E-state index contributed by atoms with van der Waals surface area (Å²) in [4.78, 5) is 20.6. The molecule has 1 aromatic carbocycles. The molecule has 29 heavy (non-hydrogen) atoms. The van der Waals surface area contributed by atoms with Crippen molar-refractivity contribution in [1.29, 1.82) is 0 Å². The van der Waals surface area contributed by atoms with E-state index in [0.717, 1.165) is 55.2 Å². The number of nitrogens with zero attached hydrogens (tertiary/aromatic N) is 3. The number of anilines is 2. The number of β-amino-alcohol motifs (C(OH)–C–C–N with tert-alkyl or cyclic N) is 1. The Balaban J connectivity index is 1.27. The van der Waals surface area contributed by atoms with Crippen molar-refractivity contribution in [2.75, 3.05) is 42.9 Å². The lowest BCUT2D eigenvalue weighted by molar-refractivity contribution is -0.116. The molecule has 0 aliphatic carbocycles. The SMILES string of the molecule is Cc1ccc(N2CCN(C[C@H](O)/C=C/c3ccc4c(c3)CCC(=O)N4)CC2)nc1. The van der Waals surface area contributed by atoms with Gasteiger partial charge in [-0.3, -0.25) is 9.69 Å². The van der Waals surface area contributed by atoms with Crippen molar-refractivity contribution in [3.05, 3.63) is 59.3 Å². The minimum Gasteiger partial charge on any atom is -0.388 e. The summed E-state index contributed by atoms with van der Waals surface area (Å²) in [7, 11) is 0. The molecule has 2 aliphatic heterocycles. The fourth-order valence-corrected chi connectivity index (χ4v) is 3.86. The second kappa shape index (κ2) is 8.76. The number of rotatable bonds is 5. The van der Waals surface area contributed by atoms with Gasteiger partial charge in [-0.05, 0) is 48.2 Å². The average molecular weight is 393 g/mol. The van der Waals surface area contributed by atoms with Crippen molar-refractivity contribution in [3.63, 3.8) is 0 Å². The number of carbonyl (C=O) groups excluding carboxylic acids is 1. The van der Waals surface area contributed by atoms with Crippen LogP contribution in [0.2, 0.25) is 0 Å². The van der Waals surface area contributed by atoms with E-state index in [0.29, 0.717) is 13.0 Å². The molecule has 0 radical (unpaired) electrons. The Morgan fingerprint density at radius 1 is 1.17 bits per heavy atom. The summed E-state index contributed by atoms with van der Waals surface area (Å²) in [6.45, 7) is 6.35. The first-order chi connectivity index (χ1) is 14.1. The smallest absolute Gasteiger partial charge is 0.224 e. The molecule has 152 valence electrons. The lowest BCUT2D eigenvalue weighted by atomic mass is 10.00. The van der Waals surface area contributed by atoms with Gasteiger partial charge in [0.2, 0.25) is 5.91 Å². The zero-order chi connectivity index (χ0) is 20.2. The van der Waals surface area contributed by atoms with E-state index in [4.69, 9.17) is 0 Å². The molecule has 0 unspecified atom stereocenters. The molecule has 2 aliphatic rings. The number of carbonyl (C=O) groups is 1. The maximum Gasteiger partial charge on any atom is 0.224 e. The Morgan fingerprint density at radius 2 is 2.00 bits per heavy atom. The largest absolute Gasteiger partial charge is 0.388 e. The molecule has 6 nitrogen and oxygen atoms in total. The average Bonchev–Trinajstić information content (AvgIpc) is 2.73. The van der Waals surface area contributed by atoms with Crippen molar-refractivity contribution in [2.24, 2.45) is 0 Å². The summed E-state index contributed by atoms with van der Waals surface area (Å²) >= 11 is 0. The standard InChI is InChI=1S/C23H28N4O2/c1-17-2-8-22(24-15-17)27-12-10-26(11-13-27)16-20(28)6-3-18-4-7-21-19(14-18)5-9-23(29)25-21/h2-4,6-8,14-15,20,28H,5,9-13,16H2,1H3,(H,25,29)/b6-3+/t20-/m1/s1. The number of fused-ring (bicyclic) bond motifs is 1. The first-order valence-electron chi connectivity index (χ1n) is 10.3. The predicted molar refractivity (Wildman–Crippen MR) is 116 cm³/mol. The number of aryl methyl sites for hydroxylation is 2. The van der Waals surface area contributed by atoms with Crippen LogP contribution in [0.3, 0.4) is 0 Å². The Labute approximate surface area is 171 Å². The number of hydrogen-bond acceptors (Lipinski definition) is 5. The normalized spacial score (nSPS) is 18.6. The molecule has 6 heteroatoms. The molecule has 0 saturated carbocycles. The lowest BCUT2D eigenvalue weighted by Gasteiger charge is -2.36. The zero-order valence-corrected chi connectivity index (χ0v) is 16.8. The molecule has 0 spiro atoms. The van der Waals surface area contributed by atoms with Crippen molar-refractivity contribution in [3.8, 4) is 0 Å². The van der Waals surface area contributed by atoms with E-state index in [2.05, 4.69) is 38.3 Å². The number of pyridine rings is 1. The monoisotopic (exact) mass is 392 g/mol. The van der Waals surface area contributed by atoms with Crippen molar-refractivity contribution in [1.82, 2.24) is 9.88 Å². The van der Waals surface area contributed by atoms with Gasteiger partial charge in [0, 0.05) is 51.0 Å². The van der Waals surface area contributed by atoms with Gasteiger partial charge in [-0.25, -0.2) is 4.98 Å². The highest BCUT2D eigenvalue weighted by molar-refractivity contribution is 5.94. The number of benzene rings is 1. The minimum absolute atomic E-state index is 0.0782. The fourth-order valence-electron chi connectivity index (χ4n) is 3.86. The molecular weight excluding hydrogens is 364 g/mol. The summed E-state index contributed by atoms with van der Waals surface area (Å²) in [5.41, 5.74) is 4.28. The lowest BCUT2D eigenvalue weighted by Crippen LogP contribution is -2.48. The van der Waals surface area contributed by atoms with E-state index in [1.54, 1.807) is 0 Å².